The van der Waals surface area contributed by atoms with Gasteiger partial charge in [0, 0.05) is 32.4 Å². The van der Waals surface area contributed by atoms with Crippen molar-refractivity contribution in [2.75, 3.05) is 38.2 Å². The summed E-state index contributed by atoms with van der Waals surface area (Å²) in [5.41, 5.74) is 1.69. The molecular formula is C18H22N2O5. The zero-order valence-electron chi connectivity index (χ0n) is 14.1. The Bertz CT molecular complexity index is 674. The molecule has 0 atom stereocenters. The molecule has 1 aromatic rings. The number of nitrogens with zero attached hydrogens (tertiary/aromatic N) is 1. The summed E-state index contributed by atoms with van der Waals surface area (Å²) >= 11 is 0. The fourth-order valence-electron chi connectivity index (χ4n) is 3.58. The lowest BCUT2D eigenvalue weighted by Crippen LogP contribution is -2.47. The summed E-state index contributed by atoms with van der Waals surface area (Å²) < 4.78 is 16.7. The van der Waals surface area contributed by atoms with Gasteiger partial charge in [0.1, 0.15) is 5.75 Å². The van der Waals surface area contributed by atoms with E-state index in [9.17, 15) is 9.59 Å². The smallest absolute Gasteiger partial charge is 0.262 e. The van der Waals surface area contributed by atoms with E-state index < -0.39 is 5.79 Å². The SMILES string of the molecule is O=C1COc2ccc(CCC(=O)N3CCC4(CC3)OCCO4)cc2N1. The number of ether oxygens (including phenoxy) is 3. The number of nitrogens with one attached hydrogen (secondary N) is 1. The number of benzene rings is 1. The average Bonchev–Trinajstić information content (AvgIpc) is 3.08. The molecule has 2 saturated heterocycles. The lowest BCUT2D eigenvalue weighted by molar-refractivity contribution is -0.187. The Morgan fingerprint density at radius 2 is 1.96 bits per heavy atom. The van der Waals surface area contributed by atoms with Crippen LogP contribution in [0.5, 0.6) is 5.75 Å². The van der Waals surface area contributed by atoms with Gasteiger partial charge in [0.05, 0.1) is 18.9 Å². The molecule has 1 aromatic carbocycles. The van der Waals surface area contributed by atoms with Crippen LogP contribution in [-0.2, 0) is 25.5 Å². The van der Waals surface area contributed by atoms with Gasteiger partial charge in [-0.15, -0.1) is 0 Å². The lowest BCUT2D eigenvalue weighted by atomic mass is 10.0. The summed E-state index contributed by atoms with van der Waals surface area (Å²) in [6, 6.07) is 5.66. The molecule has 1 N–H and O–H groups in total. The van der Waals surface area contributed by atoms with Gasteiger partial charge in [-0.05, 0) is 24.1 Å². The minimum atomic E-state index is -0.451. The highest BCUT2D eigenvalue weighted by Crippen LogP contribution is 2.32. The second-order valence-electron chi connectivity index (χ2n) is 6.66. The van der Waals surface area contributed by atoms with Crippen LogP contribution < -0.4 is 10.1 Å². The van der Waals surface area contributed by atoms with Crippen LogP contribution in [0.4, 0.5) is 5.69 Å². The molecule has 7 nitrogen and oxygen atoms in total. The molecule has 1 spiro atoms. The molecule has 0 aromatic heterocycles. The van der Waals surface area contributed by atoms with Gasteiger partial charge in [-0.2, -0.15) is 0 Å². The minimum Gasteiger partial charge on any atom is -0.482 e. The van der Waals surface area contributed by atoms with Gasteiger partial charge in [0.15, 0.2) is 12.4 Å². The highest BCUT2D eigenvalue weighted by Gasteiger charge is 2.40. The molecule has 7 heteroatoms. The van der Waals surface area contributed by atoms with Gasteiger partial charge in [-0.25, -0.2) is 0 Å². The normalized spacial score (nSPS) is 21.6. The highest BCUT2D eigenvalue weighted by atomic mass is 16.7. The number of carbonyl (C=O) groups is 2. The third-order valence-electron chi connectivity index (χ3n) is 5.00. The zero-order valence-corrected chi connectivity index (χ0v) is 14.1. The molecule has 3 aliphatic rings. The van der Waals surface area contributed by atoms with Gasteiger partial charge in [0.2, 0.25) is 5.91 Å². The molecule has 0 saturated carbocycles. The van der Waals surface area contributed by atoms with Crippen molar-refractivity contribution >= 4 is 17.5 Å². The Kier molecular flexibility index (Phi) is 4.35. The maximum Gasteiger partial charge on any atom is 0.262 e. The van der Waals surface area contributed by atoms with Crippen LogP contribution in [0.1, 0.15) is 24.8 Å². The molecule has 2 fully saturated rings. The highest BCUT2D eigenvalue weighted by molar-refractivity contribution is 5.95. The van der Waals surface area contributed by atoms with Crippen molar-refractivity contribution in [1.29, 1.82) is 0 Å². The van der Waals surface area contributed by atoms with E-state index in [0.717, 1.165) is 18.4 Å². The van der Waals surface area contributed by atoms with Crippen molar-refractivity contribution < 1.29 is 23.8 Å². The third kappa shape index (κ3) is 3.48. The van der Waals surface area contributed by atoms with E-state index in [1.54, 1.807) is 0 Å². The van der Waals surface area contributed by atoms with Crippen molar-refractivity contribution in [3.8, 4) is 5.75 Å². The summed E-state index contributed by atoms with van der Waals surface area (Å²) in [4.78, 5) is 25.8. The summed E-state index contributed by atoms with van der Waals surface area (Å²) in [5, 5.41) is 2.79. The first-order chi connectivity index (χ1) is 12.1. The molecular weight excluding hydrogens is 324 g/mol. The second-order valence-corrected chi connectivity index (χ2v) is 6.66. The maximum absolute atomic E-state index is 12.5. The second kappa shape index (κ2) is 6.65. The Morgan fingerprint density at radius 1 is 1.20 bits per heavy atom. The molecule has 0 unspecified atom stereocenters. The molecule has 0 aliphatic carbocycles. The van der Waals surface area contributed by atoms with E-state index in [2.05, 4.69) is 5.32 Å². The summed E-state index contributed by atoms with van der Waals surface area (Å²) in [6.45, 7) is 2.69. The van der Waals surface area contributed by atoms with E-state index in [1.165, 1.54) is 0 Å². The molecule has 3 heterocycles. The van der Waals surface area contributed by atoms with Crippen molar-refractivity contribution in [2.24, 2.45) is 0 Å². The van der Waals surface area contributed by atoms with Gasteiger partial charge >= 0.3 is 0 Å². The third-order valence-corrected chi connectivity index (χ3v) is 5.00. The molecule has 25 heavy (non-hydrogen) atoms. The van der Waals surface area contributed by atoms with E-state index in [4.69, 9.17) is 14.2 Å². The largest absolute Gasteiger partial charge is 0.482 e. The number of carbonyl (C=O) groups excluding carboxylic acids is 2. The molecule has 3 aliphatic heterocycles. The van der Waals surface area contributed by atoms with E-state index in [1.807, 2.05) is 23.1 Å². The van der Waals surface area contributed by atoms with Gasteiger partial charge in [-0.3, -0.25) is 9.59 Å². The van der Waals surface area contributed by atoms with Crippen molar-refractivity contribution in [3.05, 3.63) is 23.8 Å². The van der Waals surface area contributed by atoms with Crippen LogP contribution in [0.25, 0.3) is 0 Å². The number of aryl methyl sites for hydroxylation is 1. The maximum atomic E-state index is 12.5. The summed E-state index contributed by atoms with van der Waals surface area (Å²) in [7, 11) is 0. The topological polar surface area (TPSA) is 77.1 Å². The first kappa shape index (κ1) is 16.4. The number of piperidine rings is 1. The van der Waals surface area contributed by atoms with Crippen LogP contribution >= 0.6 is 0 Å². The Balaban J connectivity index is 1.30. The van der Waals surface area contributed by atoms with E-state index in [0.29, 0.717) is 50.6 Å². The van der Waals surface area contributed by atoms with Gasteiger partial charge in [-0.1, -0.05) is 6.07 Å². The van der Waals surface area contributed by atoms with E-state index in [-0.39, 0.29) is 18.4 Å². The predicted octanol–water partition coefficient (Wildman–Crippen LogP) is 1.32. The van der Waals surface area contributed by atoms with Crippen molar-refractivity contribution in [2.45, 2.75) is 31.5 Å². The van der Waals surface area contributed by atoms with Crippen LogP contribution in [0.15, 0.2) is 18.2 Å². The first-order valence-electron chi connectivity index (χ1n) is 8.75. The fourth-order valence-corrected chi connectivity index (χ4v) is 3.58. The van der Waals surface area contributed by atoms with Gasteiger partial charge < -0.3 is 24.4 Å². The number of likely N-dealkylation sites (tertiary alicyclic amines) is 1. The Hall–Kier alpha value is -2.12. The molecule has 4 rings (SSSR count). The quantitative estimate of drug-likeness (QED) is 0.893. The predicted molar refractivity (Wildman–Crippen MR) is 89.3 cm³/mol. The zero-order chi connectivity index (χ0) is 17.3. The van der Waals surface area contributed by atoms with Crippen LogP contribution in [0, 0.1) is 0 Å². The Morgan fingerprint density at radius 3 is 2.72 bits per heavy atom. The van der Waals surface area contributed by atoms with Gasteiger partial charge in [0.25, 0.3) is 5.91 Å². The van der Waals surface area contributed by atoms with Crippen LogP contribution in [0.3, 0.4) is 0 Å². The molecule has 134 valence electrons. The number of hydrogen-bond donors (Lipinski definition) is 1. The molecule has 0 bridgehead atoms. The first-order valence-corrected chi connectivity index (χ1v) is 8.75. The number of fused-ring (bicyclic) bond motifs is 1. The fraction of sp³-hybridized carbons (Fsp3) is 0.556. The molecule has 2 amide bonds. The average molecular weight is 346 g/mol. The standard InChI is InChI=1S/C18H22N2O5/c21-16-12-23-15-3-1-13(11-14(15)19-16)2-4-17(22)20-7-5-18(6-8-20)24-9-10-25-18/h1,3,11H,2,4-10,12H2,(H,19,21). The van der Waals surface area contributed by atoms with Crippen LogP contribution in [0.2, 0.25) is 0 Å². The number of hydrogen-bond acceptors (Lipinski definition) is 5. The van der Waals surface area contributed by atoms with Crippen molar-refractivity contribution in [3.63, 3.8) is 0 Å². The minimum absolute atomic E-state index is 0.0503. The number of rotatable bonds is 3. The molecule has 0 radical (unpaired) electrons. The number of amides is 2. The summed E-state index contributed by atoms with van der Waals surface area (Å²) in [6.07, 6.45) is 2.56. The van der Waals surface area contributed by atoms with Crippen LogP contribution in [-0.4, -0.2) is 55.4 Å². The van der Waals surface area contributed by atoms with E-state index >= 15 is 0 Å². The summed E-state index contributed by atoms with van der Waals surface area (Å²) in [5.74, 6) is 0.214. The lowest BCUT2D eigenvalue weighted by Gasteiger charge is -2.37. The Labute approximate surface area is 146 Å². The van der Waals surface area contributed by atoms with Crippen molar-refractivity contribution in [1.82, 2.24) is 4.90 Å². The monoisotopic (exact) mass is 346 g/mol. The number of anilines is 1.